The second-order valence-corrected chi connectivity index (χ2v) is 5.07. The molecule has 3 atom stereocenters. The molecule has 0 radical (unpaired) electrons. The fourth-order valence-corrected chi connectivity index (χ4v) is 3.06. The smallest absolute Gasteiger partial charge is 0.217 e. The van der Waals surface area contributed by atoms with Crippen molar-refractivity contribution in [3.63, 3.8) is 0 Å². The topological polar surface area (TPSA) is 44.4 Å². The number of amides is 1. The van der Waals surface area contributed by atoms with Crippen LogP contribution in [0.5, 0.6) is 0 Å². The minimum Gasteiger partial charge on any atom is -0.352 e. The van der Waals surface area contributed by atoms with E-state index in [0.29, 0.717) is 12.1 Å². The van der Waals surface area contributed by atoms with Gasteiger partial charge < -0.3 is 10.6 Å². The van der Waals surface area contributed by atoms with E-state index in [1.165, 1.54) is 6.42 Å². The molecule has 2 N–H and O–H groups in total. The first kappa shape index (κ1) is 11.9. The molecule has 2 heterocycles. The first-order valence-corrected chi connectivity index (χ1v) is 6.42. The standard InChI is InChI=1S/C12H23N3O/c1-3-10-6-13-7-12(10)15-5-4-11(8-15)14-9(2)16/h10-13H,3-8H2,1-2H3,(H,14,16). The number of nitrogens with one attached hydrogen (secondary N) is 2. The fraction of sp³-hybridized carbons (Fsp3) is 0.917. The molecule has 92 valence electrons. The molecule has 0 aliphatic carbocycles. The highest BCUT2D eigenvalue weighted by molar-refractivity contribution is 5.73. The first-order valence-electron chi connectivity index (χ1n) is 6.42. The van der Waals surface area contributed by atoms with Crippen LogP contribution in [0.2, 0.25) is 0 Å². The van der Waals surface area contributed by atoms with E-state index >= 15 is 0 Å². The molecular weight excluding hydrogens is 202 g/mol. The van der Waals surface area contributed by atoms with Crippen LogP contribution in [0.15, 0.2) is 0 Å². The van der Waals surface area contributed by atoms with Gasteiger partial charge in [-0.3, -0.25) is 9.69 Å². The van der Waals surface area contributed by atoms with Gasteiger partial charge in [-0.15, -0.1) is 0 Å². The molecule has 0 bridgehead atoms. The summed E-state index contributed by atoms with van der Waals surface area (Å²) in [5.41, 5.74) is 0. The van der Waals surface area contributed by atoms with Crippen LogP contribution in [-0.2, 0) is 4.79 Å². The lowest BCUT2D eigenvalue weighted by atomic mass is 10.00. The fourth-order valence-electron chi connectivity index (χ4n) is 3.06. The summed E-state index contributed by atoms with van der Waals surface area (Å²) in [6.07, 6.45) is 2.35. The van der Waals surface area contributed by atoms with E-state index in [4.69, 9.17) is 0 Å². The summed E-state index contributed by atoms with van der Waals surface area (Å²) in [6.45, 7) is 8.31. The molecule has 2 aliphatic rings. The number of hydrogen-bond donors (Lipinski definition) is 2. The van der Waals surface area contributed by atoms with E-state index in [0.717, 1.165) is 38.5 Å². The number of hydrogen-bond acceptors (Lipinski definition) is 3. The van der Waals surface area contributed by atoms with Gasteiger partial charge in [0.1, 0.15) is 0 Å². The minimum absolute atomic E-state index is 0.100. The highest BCUT2D eigenvalue weighted by atomic mass is 16.1. The SMILES string of the molecule is CCC1CNCC1N1CCC(NC(C)=O)C1. The molecule has 0 saturated carbocycles. The third-order valence-corrected chi connectivity index (χ3v) is 3.92. The lowest BCUT2D eigenvalue weighted by Gasteiger charge is -2.28. The summed E-state index contributed by atoms with van der Waals surface area (Å²) < 4.78 is 0. The van der Waals surface area contributed by atoms with Crippen LogP contribution >= 0.6 is 0 Å². The average molecular weight is 225 g/mol. The third-order valence-electron chi connectivity index (χ3n) is 3.92. The van der Waals surface area contributed by atoms with Gasteiger partial charge in [-0.2, -0.15) is 0 Å². The van der Waals surface area contributed by atoms with Crippen molar-refractivity contribution in [2.45, 2.75) is 38.8 Å². The van der Waals surface area contributed by atoms with Crippen LogP contribution in [0.1, 0.15) is 26.7 Å². The highest BCUT2D eigenvalue weighted by Gasteiger charge is 2.35. The van der Waals surface area contributed by atoms with Crippen molar-refractivity contribution in [2.24, 2.45) is 5.92 Å². The van der Waals surface area contributed by atoms with E-state index in [1.807, 2.05) is 0 Å². The van der Waals surface area contributed by atoms with Crippen molar-refractivity contribution >= 4 is 5.91 Å². The van der Waals surface area contributed by atoms with Crippen LogP contribution < -0.4 is 10.6 Å². The van der Waals surface area contributed by atoms with Crippen molar-refractivity contribution in [3.8, 4) is 0 Å². The Morgan fingerprint density at radius 2 is 2.31 bits per heavy atom. The Bertz CT molecular complexity index is 257. The molecule has 2 saturated heterocycles. The van der Waals surface area contributed by atoms with Crippen LogP contribution in [0.3, 0.4) is 0 Å². The summed E-state index contributed by atoms with van der Waals surface area (Å²) in [7, 11) is 0. The van der Waals surface area contributed by atoms with Gasteiger partial charge in [-0.05, 0) is 18.9 Å². The average Bonchev–Trinajstić information content (AvgIpc) is 2.83. The molecule has 4 nitrogen and oxygen atoms in total. The van der Waals surface area contributed by atoms with Crippen LogP contribution in [0.25, 0.3) is 0 Å². The Hall–Kier alpha value is -0.610. The quantitative estimate of drug-likeness (QED) is 0.721. The maximum atomic E-state index is 11.0. The van der Waals surface area contributed by atoms with Crippen molar-refractivity contribution in [1.29, 1.82) is 0 Å². The van der Waals surface area contributed by atoms with Gasteiger partial charge in [0.2, 0.25) is 5.91 Å². The van der Waals surface area contributed by atoms with Crippen LogP contribution in [-0.4, -0.2) is 49.1 Å². The highest BCUT2D eigenvalue weighted by Crippen LogP contribution is 2.23. The summed E-state index contributed by atoms with van der Waals surface area (Å²) >= 11 is 0. The van der Waals surface area contributed by atoms with E-state index in [2.05, 4.69) is 22.5 Å². The number of carbonyl (C=O) groups excluding carboxylic acids is 1. The molecular formula is C12H23N3O. The summed E-state index contributed by atoms with van der Waals surface area (Å²) in [5.74, 6) is 0.888. The van der Waals surface area contributed by atoms with Gasteiger partial charge in [0.05, 0.1) is 0 Å². The predicted molar refractivity (Wildman–Crippen MR) is 64.2 cm³/mol. The van der Waals surface area contributed by atoms with E-state index in [9.17, 15) is 4.79 Å². The van der Waals surface area contributed by atoms with E-state index in [-0.39, 0.29) is 5.91 Å². The van der Waals surface area contributed by atoms with Crippen molar-refractivity contribution < 1.29 is 4.79 Å². The van der Waals surface area contributed by atoms with Crippen LogP contribution in [0, 0.1) is 5.92 Å². The van der Waals surface area contributed by atoms with Crippen molar-refractivity contribution in [1.82, 2.24) is 15.5 Å². The normalized spacial score (nSPS) is 35.5. The molecule has 2 fully saturated rings. The van der Waals surface area contributed by atoms with Gasteiger partial charge >= 0.3 is 0 Å². The summed E-state index contributed by atoms with van der Waals surface area (Å²) in [4.78, 5) is 13.6. The molecule has 0 aromatic carbocycles. The Morgan fingerprint density at radius 1 is 1.50 bits per heavy atom. The van der Waals surface area contributed by atoms with Gasteiger partial charge in [0, 0.05) is 38.6 Å². The molecule has 4 heteroatoms. The maximum absolute atomic E-state index is 11.0. The second kappa shape index (κ2) is 5.15. The van der Waals surface area contributed by atoms with Gasteiger partial charge in [-0.1, -0.05) is 13.3 Å². The largest absolute Gasteiger partial charge is 0.352 e. The number of nitrogens with zero attached hydrogens (tertiary/aromatic N) is 1. The molecule has 3 unspecified atom stereocenters. The predicted octanol–water partition coefficient (Wildman–Crippen LogP) is 0.195. The Labute approximate surface area is 97.8 Å². The lowest BCUT2D eigenvalue weighted by molar-refractivity contribution is -0.119. The first-order chi connectivity index (χ1) is 7.70. The molecule has 2 aliphatic heterocycles. The van der Waals surface area contributed by atoms with Gasteiger partial charge in [0.25, 0.3) is 0 Å². The van der Waals surface area contributed by atoms with E-state index < -0.39 is 0 Å². The molecule has 2 rings (SSSR count). The van der Waals surface area contributed by atoms with Crippen molar-refractivity contribution in [3.05, 3.63) is 0 Å². The summed E-state index contributed by atoms with van der Waals surface area (Å²) in [5, 5.41) is 6.50. The molecule has 16 heavy (non-hydrogen) atoms. The zero-order chi connectivity index (χ0) is 11.5. The molecule has 1 amide bonds. The van der Waals surface area contributed by atoms with Crippen LogP contribution in [0.4, 0.5) is 0 Å². The third kappa shape index (κ3) is 2.55. The monoisotopic (exact) mass is 225 g/mol. The van der Waals surface area contributed by atoms with Gasteiger partial charge in [0.15, 0.2) is 0 Å². The second-order valence-electron chi connectivity index (χ2n) is 5.07. The Morgan fingerprint density at radius 3 is 3.00 bits per heavy atom. The number of rotatable bonds is 3. The molecule has 0 spiro atoms. The lowest BCUT2D eigenvalue weighted by Crippen LogP contribution is -2.42. The van der Waals surface area contributed by atoms with E-state index in [1.54, 1.807) is 6.92 Å². The summed E-state index contributed by atoms with van der Waals surface area (Å²) in [6, 6.07) is 1.05. The Kier molecular flexibility index (Phi) is 3.82. The number of carbonyl (C=O) groups is 1. The molecule has 0 aromatic rings. The molecule has 0 aromatic heterocycles. The van der Waals surface area contributed by atoms with Gasteiger partial charge in [-0.25, -0.2) is 0 Å². The zero-order valence-corrected chi connectivity index (χ0v) is 10.3. The Balaban J connectivity index is 1.85. The zero-order valence-electron chi connectivity index (χ0n) is 10.3. The van der Waals surface area contributed by atoms with Crippen molar-refractivity contribution in [2.75, 3.05) is 26.2 Å². The minimum atomic E-state index is 0.100. The number of likely N-dealkylation sites (tertiary alicyclic amines) is 1. The maximum Gasteiger partial charge on any atom is 0.217 e.